The minimum Gasteiger partial charge on any atom is -0.376 e. The molecule has 21 heavy (non-hydrogen) atoms. The lowest BCUT2D eigenvalue weighted by molar-refractivity contribution is 0.0101. The number of hydrogen-bond donors (Lipinski definition) is 1. The van der Waals surface area contributed by atoms with Crippen LogP contribution in [0.2, 0.25) is 0 Å². The topological polar surface area (TPSA) is 58.6 Å². The first-order valence-corrected chi connectivity index (χ1v) is 8.78. The Morgan fingerprint density at radius 2 is 2.10 bits per heavy atom. The molecule has 0 saturated carbocycles. The van der Waals surface area contributed by atoms with Crippen molar-refractivity contribution in [2.24, 2.45) is 0 Å². The maximum atomic E-state index is 12.8. The molecule has 118 valence electrons. The quantitative estimate of drug-likeness (QED) is 0.897. The van der Waals surface area contributed by atoms with Crippen LogP contribution >= 0.6 is 0 Å². The normalized spacial score (nSPS) is 20.9. The zero-order chi connectivity index (χ0) is 15.5. The Hall–Kier alpha value is -0.950. The highest BCUT2D eigenvalue weighted by Crippen LogP contribution is 2.22. The number of hydrogen-bond acceptors (Lipinski definition) is 4. The third-order valence-electron chi connectivity index (χ3n) is 3.49. The summed E-state index contributed by atoms with van der Waals surface area (Å²) in [6.45, 7) is 7.81. The molecule has 1 aliphatic heterocycles. The molecule has 1 fully saturated rings. The summed E-state index contributed by atoms with van der Waals surface area (Å²) < 4.78 is 32.6. The van der Waals surface area contributed by atoms with Crippen molar-refractivity contribution in [3.63, 3.8) is 0 Å². The van der Waals surface area contributed by atoms with Crippen LogP contribution in [0.5, 0.6) is 0 Å². The standard InChI is InChI=1S/C15H24N2O3S/c1-12(2)16-10-14-6-4-5-7-15(14)21(18,19)17-8-9-20-13(3)11-17/h4-7,12-13,16H,8-11H2,1-3H3. The molecule has 1 aromatic rings. The van der Waals surface area contributed by atoms with Gasteiger partial charge in [-0.05, 0) is 18.6 Å². The largest absolute Gasteiger partial charge is 0.376 e. The van der Waals surface area contributed by atoms with Crippen LogP contribution in [0.3, 0.4) is 0 Å². The first-order valence-electron chi connectivity index (χ1n) is 7.34. The van der Waals surface area contributed by atoms with Crippen molar-refractivity contribution in [3.05, 3.63) is 29.8 Å². The van der Waals surface area contributed by atoms with Gasteiger partial charge in [-0.15, -0.1) is 0 Å². The van der Waals surface area contributed by atoms with E-state index in [4.69, 9.17) is 4.74 Å². The van der Waals surface area contributed by atoms with E-state index in [1.165, 1.54) is 4.31 Å². The Balaban J connectivity index is 2.27. The summed E-state index contributed by atoms with van der Waals surface area (Å²) in [5.74, 6) is 0. The van der Waals surface area contributed by atoms with Crippen LogP contribution in [0, 0.1) is 0 Å². The summed E-state index contributed by atoms with van der Waals surface area (Å²) in [5.41, 5.74) is 0.811. The summed E-state index contributed by atoms with van der Waals surface area (Å²) in [5, 5.41) is 3.28. The number of ether oxygens (including phenoxy) is 1. The van der Waals surface area contributed by atoms with Crippen molar-refractivity contribution >= 4 is 10.0 Å². The minimum absolute atomic E-state index is 0.0607. The van der Waals surface area contributed by atoms with E-state index in [-0.39, 0.29) is 6.10 Å². The lowest BCUT2D eigenvalue weighted by Crippen LogP contribution is -2.44. The predicted molar refractivity (Wildman–Crippen MR) is 82.6 cm³/mol. The van der Waals surface area contributed by atoms with Crippen LogP contribution in [0.4, 0.5) is 0 Å². The smallest absolute Gasteiger partial charge is 0.243 e. The second kappa shape index (κ2) is 6.87. The molecule has 1 saturated heterocycles. The molecule has 2 rings (SSSR count). The average Bonchev–Trinajstić information content (AvgIpc) is 2.45. The molecule has 1 aliphatic rings. The van der Waals surface area contributed by atoms with Gasteiger partial charge in [-0.2, -0.15) is 4.31 Å². The number of benzene rings is 1. The highest BCUT2D eigenvalue weighted by molar-refractivity contribution is 7.89. The Kier molecular flexibility index (Phi) is 5.37. The van der Waals surface area contributed by atoms with E-state index >= 15 is 0 Å². The van der Waals surface area contributed by atoms with Gasteiger partial charge in [0.2, 0.25) is 10.0 Å². The maximum absolute atomic E-state index is 12.8. The zero-order valence-electron chi connectivity index (χ0n) is 12.9. The highest BCUT2D eigenvalue weighted by Gasteiger charge is 2.30. The fourth-order valence-electron chi connectivity index (χ4n) is 2.36. The summed E-state index contributed by atoms with van der Waals surface area (Å²) >= 11 is 0. The van der Waals surface area contributed by atoms with Gasteiger partial charge in [0.05, 0.1) is 17.6 Å². The van der Waals surface area contributed by atoms with Crippen LogP contribution in [-0.2, 0) is 21.3 Å². The van der Waals surface area contributed by atoms with Crippen molar-refractivity contribution in [1.29, 1.82) is 0 Å². The third kappa shape index (κ3) is 4.03. The van der Waals surface area contributed by atoms with E-state index < -0.39 is 10.0 Å². The van der Waals surface area contributed by atoms with Gasteiger partial charge in [0.1, 0.15) is 0 Å². The van der Waals surface area contributed by atoms with Gasteiger partial charge in [-0.3, -0.25) is 0 Å². The molecule has 1 N–H and O–H groups in total. The lowest BCUT2D eigenvalue weighted by Gasteiger charge is -2.30. The van der Waals surface area contributed by atoms with Gasteiger partial charge in [0.25, 0.3) is 0 Å². The summed E-state index contributed by atoms with van der Waals surface area (Å²) in [6.07, 6.45) is -0.0607. The molecule has 1 atom stereocenters. The van der Waals surface area contributed by atoms with Crippen molar-refractivity contribution in [2.75, 3.05) is 19.7 Å². The molecule has 5 nitrogen and oxygen atoms in total. The number of rotatable bonds is 5. The first kappa shape index (κ1) is 16.4. The number of morpholine rings is 1. The molecule has 1 aromatic carbocycles. The van der Waals surface area contributed by atoms with Gasteiger partial charge >= 0.3 is 0 Å². The second-order valence-corrected chi connectivity index (χ2v) is 7.59. The van der Waals surface area contributed by atoms with E-state index in [9.17, 15) is 8.42 Å². The van der Waals surface area contributed by atoms with Crippen molar-refractivity contribution < 1.29 is 13.2 Å². The maximum Gasteiger partial charge on any atom is 0.243 e. The van der Waals surface area contributed by atoms with E-state index in [2.05, 4.69) is 5.32 Å². The van der Waals surface area contributed by atoms with Crippen LogP contribution < -0.4 is 5.32 Å². The van der Waals surface area contributed by atoms with Crippen LogP contribution in [-0.4, -0.2) is 44.6 Å². The Morgan fingerprint density at radius 3 is 2.76 bits per heavy atom. The highest BCUT2D eigenvalue weighted by atomic mass is 32.2. The molecule has 1 heterocycles. The Bertz CT molecular complexity index is 572. The van der Waals surface area contributed by atoms with Crippen molar-refractivity contribution in [3.8, 4) is 0 Å². The number of nitrogens with zero attached hydrogens (tertiary/aromatic N) is 1. The number of nitrogens with one attached hydrogen (secondary N) is 1. The van der Waals surface area contributed by atoms with Crippen LogP contribution in [0.15, 0.2) is 29.2 Å². The van der Waals surface area contributed by atoms with E-state index in [1.54, 1.807) is 12.1 Å². The average molecular weight is 312 g/mol. The molecule has 6 heteroatoms. The fourth-order valence-corrected chi connectivity index (χ4v) is 4.08. The minimum atomic E-state index is -3.46. The molecule has 0 aromatic heterocycles. The van der Waals surface area contributed by atoms with Crippen LogP contribution in [0.25, 0.3) is 0 Å². The Labute approximate surface area is 127 Å². The molecule has 1 unspecified atom stereocenters. The van der Waals surface area contributed by atoms with E-state index in [1.807, 2.05) is 32.9 Å². The molecular formula is C15H24N2O3S. The Morgan fingerprint density at radius 1 is 1.38 bits per heavy atom. The molecule has 0 amide bonds. The van der Waals surface area contributed by atoms with Gasteiger partial charge in [0.15, 0.2) is 0 Å². The van der Waals surface area contributed by atoms with E-state index in [0.717, 1.165) is 5.56 Å². The van der Waals surface area contributed by atoms with Gasteiger partial charge < -0.3 is 10.1 Å². The third-order valence-corrected chi connectivity index (χ3v) is 5.46. The van der Waals surface area contributed by atoms with Crippen LogP contribution in [0.1, 0.15) is 26.3 Å². The zero-order valence-corrected chi connectivity index (χ0v) is 13.7. The van der Waals surface area contributed by atoms with Crippen molar-refractivity contribution in [1.82, 2.24) is 9.62 Å². The lowest BCUT2D eigenvalue weighted by atomic mass is 10.2. The molecular weight excluding hydrogens is 288 g/mol. The molecule has 0 spiro atoms. The van der Waals surface area contributed by atoms with Crippen molar-refractivity contribution in [2.45, 2.75) is 44.4 Å². The molecule has 0 aliphatic carbocycles. The van der Waals surface area contributed by atoms with Gasteiger partial charge in [-0.1, -0.05) is 32.0 Å². The molecule has 0 radical (unpaired) electrons. The first-order chi connectivity index (χ1) is 9.91. The molecule has 0 bridgehead atoms. The summed E-state index contributed by atoms with van der Waals surface area (Å²) in [7, 11) is -3.46. The van der Waals surface area contributed by atoms with Gasteiger partial charge in [0, 0.05) is 25.7 Å². The van der Waals surface area contributed by atoms with Gasteiger partial charge in [-0.25, -0.2) is 8.42 Å². The summed E-state index contributed by atoms with van der Waals surface area (Å²) in [6, 6.07) is 7.51. The second-order valence-electron chi connectivity index (χ2n) is 5.69. The predicted octanol–water partition coefficient (Wildman–Crippen LogP) is 1.59. The fraction of sp³-hybridized carbons (Fsp3) is 0.600. The monoisotopic (exact) mass is 312 g/mol. The SMILES string of the molecule is CC(C)NCc1ccccc1S(=O)(=O)N1CCOC(C)C1. The number of sulfonamides is 1. The summed E-state index contributed by atoms with van der Waals surface area (Å²) in [4.78, 5) is 0.396. The van der Waals surface area contributed by atoms with E-state index in [0.29, 0.717) is 37.2 Å².